The van der Waals surface area contributed by atoms with Crippen LogP contribution in [-0.2, 0) is 0 Å². The van der Waals surface area contributed by atoms with Crippen LogP contribution in [0, 0.1) is 6.92 Å². The lowest BCUT2D eigenvalue weighted by molar-refractivity contribution is -1.11. The molecule has 190 valence electrons. The van der Waals surface area contributed by atoms with Crippen LogP contribution in [0.5, 0.6) is 23.3 Å². The van der Waals surface area contributed by atoms with E-state index < -0.39 is 6.29 Å². The molecule has 7 heteroatoms. The van der Waals surface area contributed by atoms with Gasteiger partial charge in [0.15, 0.2) is 12.4 Å². The third-order valence-corrected chi connectivity index (χ3v) is 8.08. The van der Waals surface area contributed by atoms with E-state index in [4.69, 9.17) is 14.6 Å². The van der Waals surface area contributed by atoms with Crippen LogP contribution >= 0.6 is 0 Å². The second-order valence-electron chi connectivity index (χ2n) is 10.4. The van der Waals surface area contributed by atoms with Crippen molar-refractivity contribution in [3.63, 3.8) is 0 Å². The van der Waals surface area contributed by atoms with Crippen molar-refractivity contribution in [2.45, 2.75) is 19.3 Å². The van der Waals surface area contributed by atoms with Gasteiger partial charge in [-0.05, 0) is 64.1 Å². The molecule has 40 heavy (non-hydrogen) atoms. The van der Waals surface area contributed by atoms with Crippen molar-refractivity contribution in [1.82, 2.24) is 9.78 Å². The molecule has 0 saturated heterocycles. The Morgan fingerprint density at radius 1 is 0.700 bits per heavy atom. The van der Waals surface area contributed by atoms with E-state index >= 15 is 0 Å². The third-order valence-electron chi connectivity index (χ3n) is 8.08. The van der Waals surface area contributed by atoms with Crippen LogP contribution in [0.15, 0.2) is 116 Å². The number of hydrogen-bond donors (Lipinski definition) is 0. The van der Waals surface area contributed by atoms with Gasteiger partial charge >= 0.3 is 18.0 Å². The van der Waals surface area contributed by atoms with Gasteiger partial charge in [0.1, 0.15) is 23.2 Å². The van der Waals surface area contributed by atoms with E-state index in [2.05, 4.69) is 98.4 Å². The van der Waals surface area contributed by atoms with Crippen LogP contribution in [0.1, 0.15) is 29.2 Å². The van der Waals surface area contributed by atoms with Gasteiger partial charge in [-0.1, -0.05) is 28.8 Å². The van der Waals surface area contributed by atoms with E-state index in [0.29, 0.717) is 0 Å². The third kappa shape index (κ3) is 2.83. The summed E-state index contributed by atoms with van der Waals surface area (Å²) in [7, 11) is 0. The summed E-state index contributed by atoms with van der Waals surface area (Å²) >= 11 is 0. The van der Waals surface area contributed by atoms with Crippen molar-refractivity contribution in [1.29, 1.82) is 0 Å². The fraction of sp³-hybridized carbons (Fsp3) is 0.0909. The molecule has 7 bridgehead atoms. The van der Waals surface area contributed by atoms with E-state index in [0.717, 1.165) is 62.7 Å². The molecule has 0 saturated carbocycles. The molecule has 0 amide bonds. The number of ether oxygens (including phenoxy) is 2. The summed E-state index contributed by atoms with van der Waals surface area (Å²) in [6.45, 7) is 2.05. The van der Waals surface area contributed by atoms with Crippen molar-refractivity contribution < 1.29 is 23.2 Å². The number of pyridine rings is 3. The molecule has 2 unspecified atom stereocenters. The molecule has 3 aliphatic heterocycles. The van der Waals surface area contributed by atoms with Gasteiger partial charge in [0.05, 0.1) is 29.0 Å². The molecule has 2 atom stereocenters. The minimum Gasteiger partial charge on any atom is -0.404 e. The second-order valence-corrected chi connectivity index (χ2v) is 10.4. The van der Waals surface area contributed by atoms with Gasteiger partial charge in [-0.2, -0.15) is 5.10 Å². The van der Waals surface area contributed by atoms with Crippen LogP contribution in [0.3, 0.4) is 0 Å². The van der Waals surface area contributed by atoms with Gasteiger partial charge in [0.25, 0.3) is 0 Å². The molecular weight excluding hydrogens is 498 g/mol. The SMILES string of the molecule is Cc1cc2n(n1)C1c3ccccc3-c3cccc[n+]3C3[n+]4ccccc4Oc4cccc(c41)Oc1cccc-2[n+]13. The number of benzene rings is 2. The molecule has 7 nitrogen and oxygen atoms in total. The average molecular weight is 523 g/mol. The number of aromatic nitrogens is 5. The van der Waals surface area contributed by atoms with Gasteiger partial charge in [0.2, 0.25) is 11.4 Å². The summed E-state index contributed by atoms with van der Waals surface area (Å²) in [5.74, 6) is 2.92. The summed E-state index contributed by atoms with van der Waals surface area (Å²) in [4.78, 5) is 0. The van der Waals surface area contributed by atoms with Crippen molar-refractivity contribution in [2.24, 2.45) is 0 Å². The Hall–Kier alpha value is -5.30. The zero-order valence-corrected chi connectivity index (χ0v) is 21.7. The lowest BCUT2D eigenvalue weighted by Crippen LogP contribution is -2.72. The van der Waals surface area contributed by atoms with Crippen LogP contribution in [0.2, 0.25) is 0 Å². The summed E-state index contributed by atoms with van der Waals surface area (Å²) in [5, 5.41) is 5.15. The molecule has 6 aromatic rings. The number of nitrogens with zero attached hydrogens (tertiary/aromatic N) is 5. The molecule has 0 fully saturated rings. The first-order valence-corrected chi connectivity index (χ1v) is 13.5. The van der Waals surface area contributed by atoms with E-state index in [1.54, 1.807) is 0 Å². The topological polar surface area (TPSA) is 47.9 Å². The highest BCUT2D eigenvalue weighted by Gasteiger charge is 2.51. The largest absolute Gasteiger partial charge is 0.559 e. The zero-order chi connectivity index (χ0) is 26.4. The summed E-state index contributed by atoms with van der Waals surface area (Å²) in [5.41, 5.74) is 7.20. The van der Waals surface area contributed by atoms with Crippen molar-refractivity contribution in [2.75, 3.05) is 0 Å². The molecule has 0 N–H and O–H groups in total. The monoisotopic (exact) mass is 522 g/mol. The predicted octanol–water partition coefficient (Wildman–Crippen LogP) is 5.10. The highest BCUT2D eigenvalue weighted by atomic mass is 16.5. The molecule has 7 heterocycles. The van der Waals surface area contributed by atoms with Crippen molar-refractivity contribution >= 4 is 0 Å². The fourth-order valence-electron chi connectivity index (χ4n) is 6.50. The zero-order valence-electron chi connectivity index (χ0n) is 21.7. The molecule has 0 radical (unpaired) electrons. The maximum atomic E-state index is 6.90. The molecule has 0 spiro atoms. The quantitative estimate of drug-likeness (QED) is 0.260. The first-order valence-electron chi connectivity index (χ1n) is 13.5. The van der Waals surface area contributed by atoms with Crippen LogP contribution < -0.4 is 23.2 Å². The Bertz CT molecular complexity index is 2010. The Labute approximate surface area is 230 Å². The van der Waals surface area contributed by atoms with Gasteiger partial charge in [-0.25, -0.2) is 4.68 Å². The minimum absolute atomic E-state index is 0.325. The standard InChI is InChI=1S/C33H24N5O2/c1-21-20-26-25-13-8-17-30-37(25)33-35-18-6-4-12-24(35)22-10-2-3-11-23(22)32(38(26)34-21)31-27(14-9-15-28(31)40-30)39-29-16-5-7-19-36(29)33/h2-20,32-33H,1H3/q+3. The van der Waals surface area contributed by atoms with Crippen LogP contribution in [-0.4, -0.2) is 9.78 Å². The van der Waals surface area contributed by atoms with E-state index in [1.807, 2.05) is 42.5 Å². The first kappa shape index (κ1) is 21.6. The van der Waals surface area contributed by atoms with Gasteiger partial charge in [-0.3, -0.25) is 0 Å². The number of aryl methyl sites for hydroxylation is 1. The average Bonchev–Trinajstić information content (AvgIpc) is 3.35. The summed E-state index contributed by atoms with van der Waals surface area (Å²) in [6, 6.07) is 35.2. The Balaban J connectivity index is 1.62. The van der Waals surface area contributed by atoms with Gasteiger partial charge < -0.3 is 9.47 Å². The van der Waals surface area contributed by atoms with Crippen molar-refractivity contribution in [3.8, 4) is 45.9 Å². The number of hydrogen-bond acceptors (Lipinski definition) is 3. The summed E-state index contributed by atoms with van der Waals surface area (Å²) in [6.07, 6.45) is 3.81. The fourth-order valence-corrected chi connectivity index (χ4v) is 6.50. The number of fused-ring (bicyclic) bond motifs is 7. The van der Waals surface area contributed by atoms with E-state index in [9.17, 15) is 0 Å². The second kappa shape index (κ2) is 7.86. The molecule has 2 aromatic carbocycles. The summed E-state index contributed by atoms with van der Waals surface area (Å²) < 4.78 is 22.6. The van der Waals surface area contributed by atoms with Crippen LogP contribution in [0.4, 0.5) is 0 Å². The maximum Gasteiger partial charge on any atom is 0.559 e. The predicted molar refractivity (Wildman–Crippen MR) is 145 cm³/mol. The lowest BCUT2D eigenvalue weighted by atomic mass is 9.91. The van der Waals surface area contributed by atoms with Gasteiger partial charge in [0, 0.05) is 24.3 Å². The van der Waals surface area contributed by atoms with Gasteiger partial charge in [-0.15, -0.1) is 0 Å². The smallest absolute Gasteiger partial charge is 0.404 e. The highest BCUT2D eigenvalue weighted by Crippen LogP contribution is 2.47. The molecule has 3 aliphatic rings. The Morgan fingerprint density at radius 2 is 1.40 bits per heavy atom. The highest BCUT2D eigenvalue weighted by molar-refractivity contribution is 5.67. The Morgan fingerprint density at radius 3 is 2.30 bits per heavy atom. The molecule has 9 rings (SSSR count). The number of rotatable bonds is 0. The molecular formula is C33H24N5O2+3. The molecule has 0 aliphatic carbocycles. The first-order chi connectivity index (χ1) is 19.8. The minimum atomic E-state index is -0.405. The van der Waals surface area contributed by atoms with E-state index in [1.165, 1.54) is 0 Å². The lowest BCUT2D eigenvalue weighted by Gasteiger charge is -2.24. The Kier molecular flexibility index (Phi) is 4.25. The molecule has 4 aromatic heterocycles. The van der Waals surface area contributed by atoms with Crippen LogP contribution in [0.25, 0.3) is 22.6 Å². The normalized spacial score (nSPS) is 17.0. The van der Waals surface area contributed by atoms with Crippen molar-refractivity contribution in [3.05, 3.63) is 132 Å². The van der Waals surface area contributed by atoms with E-state index in [-0.39, 0.29) is 6.04 Å². The maximum absolute atomic E-state index is 6.90.